The van der Waals surface area contributed by atoms with Gasteiger partial charge in [0.2, 0.25) is 0 Å². The zero-order valence-electron chi connectivity index (χ0n) is 10.9. The lowest BCUT2D eigenvalue weighted by molar-refractivity contribution is 0.296. The Morgan fingerprint density at radius 2 is 2.11 bits per heavy atom. The molecule has 0 amide bonds. The van der Waals surface area contributed by atoms with Crippen molar-refractivity contribution in [1.29, 1.82) is 0 Å². The Labute approximate surface area is 120 Å². The Balaban J connectivity index is 0.00000162. The van der Waals surface area contributed by atoms with Crippen LogP contribution in [0.1, 0.15) is 30.9 Å². The van der Waals surface area contributed by atoms with E-state index in [1.54, 1.807) is 0 Å². The first-order chi connectivity index (χ1) is 8.06. The lowest BCUT2D eigenvalue weighted by Gasteiger charge is -2.15. The molecule has 1 aliphatic rings. The molecule has 2 nitrogen and oxygen atoms in total. The smallest absolute Gasteiger partial charge is 0.122 e. The van der Waals surface area contributed by atoms with Crippen molar-refractivity contribution in [1.82, 2.24) is 0 Å². The van der Waals surface area contributed by atoms with Crippen LogP contribution < -0.4 is 10.5 Å². The molecular formula is C14H21Cl2NO. The first-order valence-corrected chi connectivity index (χ1v) is 6.61. The topological polar surface area (TPSA) is 35.2 Å². The molecule has 1 unspecified atom stereocenters. The highest BCUT2D eigenvalue weighted by Crippen LogP contribution is 2.32. The summed E-state index contributed by atoms with van der Waals surface area (Å²) in [7, 11) is 0. The molecule has 18 heavy (non-hydrogen) atoms. The maximum absolute atomic E-state index is 6.15. The van der Waals surface area contributed by atoms with Crippen LogP contribution in [0.3, 0.4) is 0 Å². The van der Waals surface area contributed by atoms with E-state index in [0.29, 0.717) is 0 Å². The molecule has 0 aliphatic heterocycles. The van der Waals surface area contributed by atoms with Crippen LogP contribution >= 0.6 is 24.0 Å². The second kappa shape index (κ2) is 6.65. The highest BCUT2D eigenvalue weighted by atomic mass is 35.5. The number of hydrogen-bond donors (Lipinski definition) is 1. The summed E-state index contributed by atoms with van der Waals surface area (Å²) < 4.78 is 5.88. The normalized spacial score (nSPS) is 16.0. The Bertz CT molecular complexity index is 403. The van der Waals surface area contributed by atoms with Crippen molar-refractivity contribution in [3.63, 3.8) is 0 Å². The van der Waals surface area contributed by atoms with Crippen LogP contribution in [0.2, 0.25) is 5.02 Å². The summed E-state index contributed by atoms with van der Waals surface area (Å²) in [6, 6.07) is 4.14. The molecule has 1 aliphatic carbocycles. The molecule has 0 saturated heterocycles. The molecule has 1 saturated carbocycles. The maximum Gasteiger partial charge on any atom is 0.122 e. The van der Waals surface area contributed by atoms with E-state index in [-0.39, 0.29) is 18.4 Å². The van der Waals surface area contributed by atoms with Gasteiger partial charge in [-0.2, -0.15) is 0 Å². The molecule has 1 fully saturated rings. The van der Waals surface area contributed by atoms with Crippen LogP contribution in [0, 0.1) is 12.8 Å². The molecule has 1 aromatic carbocycles. The summed E-state index contributed by atoms with van der Waals surface area (Å²) in [6.07, 6.45) is 3.41. The average molecular weight is 290 g/mol. The van der Waals surface area contributed by atoms with Crippen LogP contribution in [-0.2, 0) is 6.42 Å². The number of benzene rings is 1. The van der Waals surface area contributed by atoms with Crippen LogP contribution in [0.4, 0.5) is 0 Å². The summed E-state index contributed by atoms with van der Waals surface area (Å²) in [5, 5.41) is 0.791. The van der Waals surface area contributed by atoms with Crippen molar-refractivity contribution in [3.05, 3.63) is 28.3 Å². The van der Waals surface area contributed by atoms with Crippen molar-refractivity contribution >= 4 is 24.0 Å². The molecule has 102 valence electrons. The molecule has 2 N–H and O–H groups in total. The molecule has 0 spiro atoms. The van der Waals surface area contributed by atoms with Gasteiger partial charge in [-0.25, -0.2) is 0 Å². The zero-order valence-corrected chi connectivity index (χ0v) is 12.5. The fourth-order valence-electron chi connectivity index (χ4n) is 1.83. The van der Waals surface area contributed by atoms with Gasteiger partial charge in [0.15, 0.2) is 0 Å². The number of hydrogen-bond acceptors (Lipinski definition) is 2. The Morgan fingerprint density at radius 1 is 1.44 bits per heavy atom. The van der Waals surface area contributed by atoms with Gasteiger partial charge in [-0.05, 0) is 62.3 Å². The molecule has 1 aromatic rings. The largest absolute Gasteiger partial charge is 0.493 e. The van der Waals surface area contributed by atoms with Crippen molar-refractivity contribution in [2.75, 3.05) is 6.61 Å². The first-order valence-electron chi connectivity index (χ1n) is 6.23. The van der Waals surface area contributed by atoms with E-state index < -0.39 is 0 Å². The van der Waals surface area contributed by atoms with Crippen LogP contribution in [0.25, 0.3) is 0 Å². The Hall–Kier alpha value is -0.440. The average Bonchev–Trinajstić information content (AvgIpc) is 3.04. The molecular weight excluding hydrogens is 269 g/mol. The van der Waals surface area contributed by atoms with Gasteiger partial charge in [0, 0.05) is 11.1 Å². The molecule has 1 atom stereocenters. The van der Waals surface area contributed by atoms with E-state index >= 15 is 0 Å². The van der Waals surface area contributed by atoms with Crippen LogP contribution in [0.5, 0.6) is 5.75 Å². The van der Waals surface area contributed by atoms with Crippen molar-refractivity contribution < 1.29 is 4.74 Å². The lowest BCUT2D eigenvalue weighted by Crippen LogP contribution is -2.18. The van der Waals surface area contributed by atoms with Crippen LogP contribution in [0.15, 0.2) is 12.1 Å². The van der Waals surface area contributed by atoms with Gasteiger partial charge < -0.3 is 10.5 Å². The summed E-state index contributed by atoms with van der Waals surface area (Å²) in [5.41, 5.74) is 8.03. The van der Waals surface area contributed by atoms with E-state index in [9.17, 15) is 0 Å². The molecule has 4 heteroatoms. The summed E-state index contributed by atoms with van der Waals surface area (Å²) >= 11 is 6.15. The number of aryl methyl sites for hydroxylation is 1. The van der Waals surface area contributed by atoms with E-state index in [1.165, 1.54) is 12.8 Å². The number of nitrogens with two attached hydrogens (primary N) is 1. The second-order valence-electron chi connectivity index (χ2n) is 5.14. The van der Waals surface area contributed by atoms with Gasteiger partial charge in [-0.15, -0.1) is 12.4 Å². The van der Waals surface area contributed by atoms with E-state index in [0.717, 1.165) is 40.8 Å². The summed E-state index contributed by atoms with van der Waals surface area (Å²) in [6.45, 7) is 4.83. The number of halogens is 2. The Kier molecular flexibility index (Phi) is 5.77. The van der Waals surface area contributed by atoms with E-state index in [4.69, 9.17) is 22.1 Å². The standard InChI is InChI=1S/C14H20ClNO.ClH/c1-9-5-14(17-8-11-3-4-11)12(6-10(2)16)7-13(9)15;/h5,7,10-11H,3-4,6,8,16H2,1-2H3;1H. The number of ether oxygens (including phenoxy) is 1. The fourth-order valence-corrected chi connectivity index (χ4v) is 2.02. The highest BCUT2D eigenvalue weighted by Gasteiger charge is 2.22. The zero-order chi connectivity index (χ0) is 12.4. The quantitative estimate of drug-likeness (QED) is 0.896. The maximum atomic E-state index is 6.15. The predicted molar refractivity (Wildman–Crippen MR) is 79.0 cm³/mol. The fraction of sp³-hybridized carbons (Fsp3) is 0.571. The predicted octanol–water partition coefficient (Wildman–Crippen LogP) is 3.75. The second-order valence-corrected chi connectivity index (χ2v) is 5.55. The van der Waals surface area contributed by atoms with Gasteiger partial charge in [-0.1, -0.05) is 11.6 Å². The summed E-state index contributed by atoms with van der Waals surface area (Å²) in [4.78, 5) is 0. The Morgan fingerprint density at radius 3 is 2.67 bits per heavy atom. The van der Waals surface area contributed by atoms with Gasteiger partial charge in [0.25, 0.3) is 0 Å². The van der Waals surface area contributed by atoms with Gasteiger partial charge in [0.05, 0.1) is 6.61 Å². The third-order valence-corrected chi connectivity index (χ3v) is 3.46. The lowest BCUT2D eigenvalue weighted by atomic mass is 10.0. The monoisotopic (exact) mass is 289 g/mol. The molecule has 0 bridgehead atoms. The highest BCUT2D eigenvalue weighted by molar-refractivity contribution is 6.31. The molecule has 2 rings (SSSR count). The third kappa shape index (κ3) is 4.34. The van der Waals surface area contributed by atoms with E-state index in [1.807, 2.05) is 26.0 Å². The molecule has 0 aromatic heterocycles. The minimum atomic E-state index is 0. The van der Waals surface area contributed by atoms with Gasteiger partial charge in [0.1, 0.15) is 5.75 Å². The van der Waals surface area contributed by atoms with E-state index in [2.05, 4.69) is 0 Å². The first kappa shape index (κ1) is 15.6. The van der Waals surface area contributed by atoms with Crippen molar-refractivity contribution in [2.24, 2.45) is 11.7 Å². The molecule has 0 radical (unpaired) electrons. The van der Waals surface area contributed by atoms with Crippen molar-refractivity contribution in [2.45, 2.75) is 39.2 Å². The van der Waals surface area contributed by atoms with Gasteiger partial charge >= 0.3 is 0 Å². The minimum absolute atomic E-state index is 0. The SMILES string of the molecule is Cc1cc(OCC2CC2)c(CC(C)N)cc1Cl.Cl. The number of rotatable bonds is 5. The van der Waals surface area contributed by atoms with Crippen molar-refractivity contribution in [3.8, 4) is 5.75 Å². The molecule has 0 heterocycles. The van der Waals surface area contributed by atoms with Gasteiger partial charge in [-0.3, -0.25) is 0 Å². The summed E-state index contributed by atoms with van der Waals surface area (Å²) in [5.74, 6) is 1.71. The third-order valence-electron chi connectivity index (χ3n) is 3.06. The minimum Gasteiger partial charge on any atom is -0.493 e. The van der Waals surface area contributed by atoms with Crippen LogP contribution in [-0.4, -0.2) is 12.6 Å².